The highest BCUT2D eigenvalue weighted by Gasteiger charge is 2.15. The van der Waals surface area contributed by atoms with E-state index >= 15 is 0 Å². The lowest BCUT2D eigenvalue weighted by molar-refractivity contribution is 0.320. The largest absolute Gasteiger partial charge is 0.353 e. The molecular formula is C13H23N3. The van der Waals surface area contributed by atoms with Crippen molar-refractivity contribution in [2.24, 2.45) is 5.92 Å². The Hall–Kier alpha value is -0.990. The van der Waals surface area contributed by atoms with E-state index in [1.54, 1.807) is 0 Å². The molecule has 2 rings (SSSR count). The van der Waals surface area contributed by atoms with Gasteiger partial charge in [0.25, 0.3) is 0 Å². The molecule has 1 heterocycles. The fraction of sp³-hybridized carbons (Fsp3) is 0.769. The summed E-state index contributed by atoms with van der Waals surface area (Å²) in [4.78, 5) is 4.37. The molecule has 0 saturated heterocycles. The molecule has 1 fully saturated rings. The molecular weight excluding hydrogens is 198 g/mol. The van der Waals surface area contributed by atoms with Crippen molar-refractivity contribution in [3.05, 3.63) is 12.4 Å². The van der Waals surface area contributed by atoms with Crippen LogP contribution in [0.15, 0.2) is 12.4 Å². The zero-order valence-corrected chi connectivity index (χ0v) is 10.4. The Balaban J connectivity index is 1.94. The third-order valence-corrected chi connectivity index (χ3v) is 3.31. The maximum Gasteiger partial charge on any atom is 0.202 e. The maximum absolute atomic E-state index is 4.37. The van der Waals surface area contributed by atoms with E-state index in [0.29, 0.717) is 6.04 Å². The minimum Gasteiger partial charge on any atom is -0.353 e. The molecule has 90 valence electrons. The van der Waals surface area contributed by atoms with Gasteiger partial charge in [-0.25, -0.2) is 4.98 Å². The highest BCUT2D eigenvalue weighted by molar-refractivity contribution is 5.26. The number of nitrogens with zero attached hydrogens (tertiary/aromatic N) is 2. The lowest BCUT2D eigenvalue weighted by Crippen LogP contribution is -2.18. The van der Waals surface area contributed by atoms with Crippen molar-refractivity contribution in [1.29, 1.82) is 0 Å². The molecule has 0 unspecified atom stereocenters. The van der Waals surface area contributed by atoms with Crippen LogP contribution in [-0.4, -0.2) is 15.6 Å². The first-order chi connectivity index (χ1) is 7.75. The number of hydrogen-bond donors (Lipinski definition) is 1. The average molecular weight is 221 g/mol. The highest BCUT2D eigenvalue weighted by atomic mass is 15.2. The van der Waals surface area contributed by atoms with Crippen LogP contribution in [0.1, 0.15) is 46.0 Å². The molecule has 1 aliphatic rings. The normalized spacial score (nSPS) is 17.9. The number of anilines is 1. The molecule has 1 aromatic rings. The Kier molecular flexibility index (Phi) is 3.86. The van der Waals surface area contributed by atoms with Crippen LogP contribution in [0.2, 0.25) is 0 Å². The molecule has 1 aromatic heterocycles. The molecule has 1 saturated carbocycles. The Morgan fingerprint density at radius 3 is 2.81 bits per heavy atom. The molecule has 1 aliphatic carbocycles. The molecule has 0 aromatic carbocycles. The molecule has 0 atom stereocenters. The molecule has 1 N–H and O–H groups in total. The van der Waals surface area contributed by atoms with E-state index in [0.717, 1.165) is 18.4 Å². The standard InChI is InChI=1S/C13H23N3/c1-11(2)15-13-14-8-9-16(13)10-12-6-4-3-5-7-12/h8-9,11-12H,3-7,10H2,1-2H3,(H,14,15). The molecule has 0 aliphatic heterocycles. The maximum atomic E-state index is 4.37. The van der Waals surface area contributed by atoms with E-state index in [1.807, 2.05) is 6.20 Å². The van der Waals surface area contributed by atoms with Gasteiger partial charge in [-0.15, -0.1) is 0 Å². The summed E-state index contributed by atoms with van der Waals surface area (Å²) < 4.78 is 2.27. The van der Waals surface area contributed by atoms with Crippen LogP contribution in [0, 0.1) is 5.92 Å². The molecule has 0 spiro atoms. The SMILES string of the molecule is CC(C)Nc1nccn1CC1CCCCC1. The lowest BCUT2D eigenvalue weighted by Gasteiger charge is -2.23. The van der Waals surface area contributed by atoms with Gasteiger partial charge < -0.3 is 9.88 Å². The van der Waals surface area contributed by atoms with E-state index in [4.69, 9.17) is 0 Å². The highest BCUT2D eigenvalue weighted by Crippen LogP contribution is 2.25. The van der Waals surface area contributed by atoms with Crippen molar-refractivity contribution >= 4 is 5.95 Å². The Labute approximate surface area is 98.3 Å². The van der Waals surface area contributed by atoms with Crippen LogP contribution in [0.3, 0.4) is 0 Å². The zero-order chi connectivity index (χ0) is 11.4. The third-order valence-electron chi connectivity index (χ3n) is 3.31. The summed E-state index contributed by atoms with van der Waals surface area (Å²) in [7, 11) is 0. The van der Waals surface area contributed by atoms with Crippen molar-refractivity contribution < 1.29 is 0 Å². The van der Waals surface area contributed by atoms with Crippen LogP contribution in [0.5, 0.6) is 0 Å². The number of rotatable bonds is 4. The number of imidazole rings is 1. The third kappa shape index (κ3) is 3.00. The summed E-state index contributed by atoms with van der Waals surface area (Å²) in [6.07, 6.45) is 11.0. The van der Waals surface area contributed by atoms with Gasteiger partial charge in [0.2, 0.25) is 5.95 Å². The van der Waals surface area contributed by atoms with Gasteiger partial charge >= 0.3 is 0 Å². The molecule has 3 nitrogen and oxygen atoms in total. The van der Waals surface area contributed by atoms with Crippen molar-refractivity contribution in [2.45, 2.75) is 58.5 Å². The second kappa shape index (κ2) is 5.37. The van der Waals surface area contributed by atoms with Crippen LogP contribution in [-0.2, 0) is 6.54 Å². The second-order valence-corrected chi connectivity index (χ2v) is 5.21. The predicted molar refractivity (Wildman–Crippen MR) is 67.6 cm³/mol. The van der Waals surface area contributed by atoms with Gasteiger partial charge in [-0.2, -0.15) is 0 Å². The molecule has 0 radical (unpaired) electrons. The first kappa shape index (κ1) is 11.5. The van der Waals surface area contributed by atoms with Gasteiger partial charge in [0, 0.05) is 25.0 Å². The summed E-state index contributed by atoms with van der Waals surface area (Å²) in [5.74, 6) is 1.89. The number of nitrogens with one attached hydrogen (secondary N) is 1. The van der Waals surface area contributed by atoms with Crippen LogP contribution in [0.25, 0.3) is 0 Å². The van der Waals surface area contributed by atoms with E-state index in [9.17, 15) is 0 Å². The minimum atomic E-state index is 0.451. The summed E-state index contributed by atoms with van der Waals surface area (Å²) in [5.41, 5.74) is 0. The first-order valence-corrected chi connectivity index (χ1v) is 6.53. The molecule has 3 heteroatoms. The summed E-state index contributed by atoms with van der Waals surface area (Å²) in [6.45, 7) is 5.44. The van der Waals surface area contributed by atoms with Crippen LogP contribution < -0.4 is 5.32 Å². The quantitative estimate of drug-likeness (QED) is 0.845. The molecule has 0 bridgehead atoms. The first-order valence-electron chi connectivity index (χ1n) is 6.53. The summed E-state index contributed by atoms with van der Waals surface area (Å²) in [6, 6.07) is 0.451. The van der Waals surface area contributed by atoms with Gasteiger partial charge in [0.1, 0.15) is 0 Å². The van der Waals surface area contributed by atoms with Crippen LogP contribution >= 0.6 is 0 Å². The van der Waals surface area contributed by atoms with E-state index in [1.165, 1.54) is 32.1 Å². The Bertz CT molecular complexity index is 311. The van der Waals surface area contributed by atoms with Crippen molar-refractivity contribution in [1.82, 2.24) is 9.55 Å². The number of hydrogen-bond acceptors (Lipinski definition) is 2. The van der Waals surface area contributed by atoms with E-state index in [-0.39, 0.29) is 0 Å². The summed E-state index contributed by atoms with van der Waals surface area (Å²) >= 11 is 0. The zero-order valence-electron chi connectivity index (χ0n) is 10.4. The van der Waals surface area contributed by atoms with E-state index < -0.39 is 0 Å². The van der Waals surface area contributed by atoms with Crippen molar-refractivity contribution in [2.75, 3.05) is 5.32 Å². The topological polar surface area (TPSA) is 29.9 Å². The van der Waals surface area contributed by atoms with Gasteiger partial charge in [-0.3, -0.25) is 0 Å². The lowest BCUT2D eigenvalue weighted by atomic mass is 9.89. The van der Waals surface area contributed by atoms with Crippen molar-refractivity contribution in [3.8, 4) is 0 Å². The van der Waals surface area contributed by atoms with Gasteiger partial charge in [-0.05, 0) is 32.6 Å². The molecule has 0 amide bonds. The van der Waals surface area contributed by atoms with Gasteiger partial charge in [0.05, 0.1) is 0 Å². The fourth-order valence-corrected chi connectivity index (χ4v) is 2.50. The fourth-order valence-electron chi connectivity index (χ4n) is 2.50. The monoisotopic (exact) mass is 221 g/mol. The number of aromatic nitrogens is 2. The Morgan fingerprint density at radius 1 is 1.38 bits per heavy atom. The van der Waals surface area contributed by atoms with Gasteiger partial charge in [0.15, 0.2) is 0 Å². The van der Waals surface area contributed by atoms with E-state index in [2.05, 4.69) is 34.9 Å². The second-order valence-electron chi connectivity index (χ2n) is 5.21. The summed E-state index contributed by atoms with van der Waals surface area (Å²) in [5, 5.41) is 3.39. The van der Waals surface area contributed by atoms with Crippen molar-refractivity contribution in [3.63, 3.8) is 0 Å². The average Bonchev–Trinajstić information content (AvgIpc) is 2.66. The smallest absolute Gasteiger partial charge is 0.202 e. The van der Waals surface area contributed by atoms with Crippen LogP contribution in [0.4, 0.5) is 5.95 Å². The Morgan fingerprint density at radius 2 is 2.12 bits per heavy atom. The predicted octanol–water partition coefficient (Wildman–Crippen LogP) is 3.28. The molecule has 16 heavy (non-hydrogen) atoms. The van der Waals surface area contributed by atoms with Gasteiger partial charge in [-0.1, -0.05) is 19.3 Å². The minimum absolute atomic E-state index is 0.451.